The van der Waals surface area contributed by atoms with Crippen LogP contribution in [0.5, 0.6) is 0 Å². The maximum Gasteiger partial charge on any atom is 0.222 e. The van der Waals surface area contributed by atoms with Crippen LogP contribution in [0, 0.1) is 0 Å². The second-order valence-corrected chi connectivity index (χ2v) is 3.89. The zero-order chi connectivity index (χ0) is 11.1. The number of anilines is 1. The summed E-state index contributed by atoms with van der Waals surface area (Å²) in [4.78, 5) is 3.13. The number of nitrogens with one attached hydrogen (secondary N) is 1. The number of H-pyrrole nitrogens is 1. The molecule has 0 aliphatic heterocycles. The third-order valence-electron chi connectivity index (χ3n) is 2.46. The number of nitrogen functional groups attached to an aromatic ring is 1. The quantitative estimate of drug-likeness (QED) is 0.679. The lowest BCUT2D eigenvalue weighted by molar-refractivity contribution is 0.439. The van der Waals surface area contributed by atoms with E-state index >= 15 is 0 Å². The van der Waals surface area contributed by atoms with Crippen molar-refractivity contribution < 1.29 is 4.52 Å². The maximum absolute atomic E-state index is 6.15. The third-order valence-corrected chi connectivity index (χ3v) is 2.77. The first-order valence-corrected chi connectivity index (χ1v) is 5.11. The van der Waals surface area contributed by atoms with Gasteiger partial charge >= 0.3 is 0 Å². The Hall–Kier alpha value is -1.94. The van der Waals surface area contributed by atoms with E-state index in [0.29, 0.717) is 10.7 Å². The average Bonchev–Trinajstić information content (AvgIpc) is 2.84. The number of hydrogen-bond donors (Lipinski definition) is 2. The number of benzene rings is 1. The topological polar surface area (TPSA) is 67.8 Å². The standard InChI is InChI=1S/C11H8ClN3O/c12-7-2-1-3-8-11(7)6(5-14-8)9-4-10(13)16-15-9/h1-5,14H,13H2. The Morgan fingerprint density at radius 3 is 3.00 bits per heavy atom. The first-order chi connectivity index (χ1) is 7.75. The van der Waals surface area contributed by atoms with Gasteiger partial charge in [0.15, 0.2) is 0 Å². The van der Waals surface area contributed by atoms with Crippen molar-refractivity contribution in [1.82, 2.24) is 10.1 Å². The van der Waals surface area contributed by atoms with E-state index in [1.807, 2.05) is 24.4 Å². The monoisotopic (exact) mass is 233 g/mol. The van der Waals surface area contributed by atoms with Crippen molar-refractivity contribution in [3.8, 4) is 11.3 Å². The molecule has 0 radical (unpaired) electrons. The number of aromatic amines is 1. The number of nitrogens with zero attached hydrogens (tertiary/aromatic N) is 1. The summed E-state index contributed by atoms with van der Waals surface area (Å²) in [6.45, 7) is 0. The minimum atomic E-state index is 0.288. The lowest BCUT2D eigenvalue weighted by atomic mass is 10.1. The molecule has 0 spiro atoms. The molecule has 80 valence electrons. The molecule has 0 unspecified atom stereocenters. The van der Waals surface area contributed by atoms with E-state index in [1.54, 1.807) is 6.07 Å². The van der Waals surface area contributed by atoms with Crippen LogP contribution in [0.3, 0.4) is 0 Å². The fraction of sp³-hybridized carbons (Fsp3) is 0. The van der Waals surface area contributed by atoms with Gasteiger partial charge in [0.05, 0.1) is 5.02 Å². The van der Waals surface area contributed by atoms with Gasteiger partial charge in [0.25, 0.3) is 0 Å². The minimum Gasteiger partial charge on any atom is -0.368 e. The highest BCUT2D eigenvalue weighted by Crippen LogP contribution is 2.33. The molecule has 0 saturated heterocycles. The highest BCUT2D eigenvalue weighted by molar-refractivity contribution is 6.36. The Bertz CT molecular complexity index is 656. The van der Waals surface area contributed by atoms with Crippen LogP contribution in [0.1, 0.15) is 0 Å². The van der Waals surface area contributed by atoms with Crippen LogP contribution in [0.4, 0.5) is 5.88 Å². The number of rotatable bonds is 1. The number of aromatic nitrogens is 2. The van der Waals surface area contributed by atoms with Crippen LogP contribution >= 0.6 is 11.6 Å². The molecule has 0 bridgehead atoms. The summed E-state index contributed by atoms with van der Waals surface area (Å²) in [6, 6.07) is 7.35. The molecule has 0 saturated carbocycles. The second kappa shape index (κ2) is 3.28. The van der Waals surface area contributed by atoms with Crippen molar-refractivity contribution in [2.24, 2.45) is 0 Å². The average molecular weight is 234 g/mol. The molecule has 0 amide bonds. The van der Waals surface area contributed by atoms with Crippen LogP contribution in [0.25, 0.3) is 22.2 Å². The lowest BCUT2D eigenvalue weighted by Gasteiger charge is -1.95. The largest absolute Gasteiger partial charge is 0.368 e. The molecule has 2 heterocycles. The summed E-state index contributed by atoms with van der Waals surface area (Å²) < 4.78 is 4.85. The first-order valence-electron chi connectivity index (χ1n) is 4.74. The fourth-order valence-electron chi connectivity index (χ4n) is 1.76. The molecule has 3 N–H and O–H groups in total. The van der Waals surface area contributed by atoms with Crippen LogP contribution in [-0.4, -0.2) is 10.1 Å². The first kappa shape index (κ1) is 9.30. The highest BCUT2D eigenvalue weighted by Gasteiger charge is 2.12. The van der Waals surface area contributed by atoms with Crippen LogP contribution in [0.15, 0.2) is 35.0 Å². The molecule has 2 aromatic heterocycles. The van der Waals surface area contributed by atoms with E-state index in [2.05, 4.69) is 10.1 Å². The Morgan fingerprint density at radius 1 is 1.38 bits per heavy atom. The molecule has 5 heteroatoms. The zero-order valence-corrected chi connectivity index (χ0v) is 8.95. The maximum atomic E-state index is 6.15. The summed E-state index contributed by atoms with van der Waals surface area (Å²) in [6.07, 6.45) is 1.84. The Kier molecular flexibility index (Phi) is 1.91. The molecule has 3 rings (SSSR count). The van der Waals surface area contributed by atoms with Crippen molar-refractivity contribution in [1.29, 1.82) is 0 Å². The SMILES string of the molecule is Nc1cc(-c2c[nH]c3cccc(Cl)c23)no1. The van der Waals surface area contributed by atoms with Gasteiger partial charge in [0.1, 0.15) is 5.69 Å². The van der Waals surface area contributed by atoms with Crippen molar-refractivity contribution in [3.63, 3.8) is 0 Å². The van der Waals surface area contributed by atoms with Crippen molar-refractivity contribution in [2.75, 3.05) is 5.73 Å². The predicted molar refractivity (Wildman–Crippen MR) is 63.2 cm³/mol. The van der Waals surface area contributed by atoms with E-state index < -0.39 is 0 Å². The number of hydrogen-bond acceptors (Lipinski definition) is 3. The van der Waals surface area contributed by atoms with Crippen LogP contribution in [-0.2, 0) is 0 Å². The smallest absolute Gasteiger partial charge is 0.222 e. The summed E-state index contributed by atoms with van der Waals surface area (Å²) in [5, 5.41) is 5.48. The van der Waals surface area contributed by atoms with Crippen molar-refractivity contribution in [2.45, 2.75) is 0 Å². The zero-order valence-electron chi connectivity index (χ0n) is 8.20. The number of halogens is 1. The summed E-state index contributed by atoms with van der Waals surface area (Å²) in [5.41, 5.74) is 8.02. The summed E-state index contributed by atoms with van der Waals surface area (Å²) in [7, 11) is 0. The van der Waals surface area contributed by atoms with Gasteiger partial charge < -0.3 is 15.2 Å². The van der Waals surface area contributed by atoms with E-state index in [0.717, 1.165) is 16.5 Å². The van der Waals surface area contributed by atoms with Gasteiger partial charge in [-0.2, -0.15) is 0 Å². The van der Waals surface area contributed by atoms with E-state index in [-0.39, 0.29) is 5.88 Å². The molecule has 4 nitrogen and oxygen atoms in total. The molecule has 0 aliphatic carbocycles. The summed E-state index contributed by atoms with van der Waals surface area (Å²) >= 11 is 6.15. The van der Waals surface area contributed by atoms with Gasteiger partial charge in [-0.3, -0.25) is 0 Å². The minimum absolute atomic E-state index is 0.288. The van der Waals surface area contributed by atoms with Gasteiger partial charge in [-0.15, -0.1) is 0 Å². The molecule has 0 fully saturated rings. The highest BCUT2D eigenvalue weighted by atomic mass is 35.5. The molecule has 1 aromatic carbocycles. The van der Waals surface area contributed by atoms with Gasteiger partial charge in [-0.1, -0.05) is 22.8 Å². The van der Waals surface area contributed by atoms with Crippen LogP contribution < -0.4 is 5.73 Å². The van der Waals surface area contributed by atoms with Crippen LogP contribution in [0.2, 0.25) is 5.02 Å². The molecular weight excluding hydrogens is 226 g/mol. The normalized spacial score (nSPS) is 11.1. The number of fused-ring (bicyclic) bond motifs is 1. The second-order valence-electron chi connectivity index (χ2n) is 3.48. The predicted octanol–water partition coefficient (Wildman–Crippen LogP) is 3.06. The van der Waals surface area contributed by atoms with Gasteiger partial charge in [0, 0.05) is 28.7 Å². The third kappa shape index (κ3) is 1.27. The van der Waals surface area contributed by atoms with Gasteiger partial charge in [0.2, 0.25) is 5.88 Å². The molecule has 0 aliphatic rings. The Balaban J connectivity index is 2.32. The molecule has 3 aromatic rings. The Morgan fingerprint density at radius 2 is 2.25 bits per heavy atom. The van der Waals surface area contributed by atoms with Crippen molar-refractivity contribution in [3.05, 3.63) is 35.5 Å². The Labute approximate surface area is 96.0 Å². The van der Waals surface area contributed by atoms with Crippen molar-refractivity contribution >= 4 is 28.4 Å². The molecule has 16 heavy (non-hydrogen) atoms. The summed E-state index contributed by atoms with van der Waals surface area (Å²) in [5.74, 6) is 0.288. The van der Waals surface area contributed by atoms with Gasteiger partial charge in [-0.05, 0) is 12.1 Å². The van der Waals surface area contributed by atoms with E-state index in [9.17, 15) is 0 Å². The number of nitrogens with two attached hydrogens (primary N) is 1. The lowest BCUT2D eigenvalue weighted by Crippen LogP contribution is -1.77. The molecular formula is C11H8ClN3O. The van der Waals surface area contributed by atoms with Gasteiger partial charge in [-0.25, -0.2) is 0 Å². The fourth-order valence-corrected chi connectivity index (χ4v) is 2.03. The van der Waals surface area contributed by atoms with E-state index in [1.165, 1.54) is 0 Å². The van der Waals surface area contributed by atoms with E-state index in [4.69, 9.17) is 21.9 Å². The molecule has 0 atom stereocenters.